The van der Waals surface area contributed by atoms with Gasteiger partial charge in [0.15, 0.2) is 6.23 Å². The molecule has 3 amide bonds. The Balaban J connectivity index is 1.06. The average molecular weight is 1020 g/mol. The van der Waals surface area contributed by atoms with Crippen LogP contribution in [0.15, 0.2) is 58.7 Å². The number of allylic oxidation sites excluding steroid dienone is 8. The van der Waals surface area contributed by atoms with Crippen LogP contribution in [0.5, 0.6) is 23.0 Å². The van der Waals surface area contributed by atoms with E-state index in [1.54, 1.807) is 4.90 Å². The fraction of sp³-hybridized carbons (Fsp3) is 0.569. The lowest BCUT2D eigenvalue weighted by atomic mass is 9.84. The zero-order chi connectivity index (χ0) is 53.6. The molecule has 0 radical (unpaired) electrons. The minimum absolute atomic E-state index is 0.0251. The summed E-state index contributed by atoms with van der Waals surface area (Å²) < 4.78 is 25.0. The molecule has 0 aromatic heterocycles. The van der Waals surface area contributed by atoms with E-state index < -0.39 is 53.5 Å². The van der Waals surface area contributed by atoms with E-state index in [0.717, 1.165) is 25.7 Å². The van der Waals surface area contributed by atoms with Gasteiger partial charge in [0, 0.05) is 61.2 Å². The minimum atomic E-state index is -1.05. The van der Waals surface area contributed by atoms with Crippen molar-refractivity contribution in [1.82, 2.24) is 14.7 Å². The second-order valence-electron chi connectivity index (χ2n) is 22.0. The Hall–Kier alpha value is -6.13. The van der Waals surface area contributed by atoms with Gasteiger partial charge in [0.05, 0.1) is 42.3 Å². The number of ether oxygens (including phenoxy) is 4. The molecule has 5 aliphatic rings. The number of phenols is 1. The summed E-state index contributed by atoms with van der Waals surface area (Å²) in [5.74, 6) is -1.62. The monoisotopic (exact) mass is 1020 g/mol. The van der Waals surface area contributed by atoms with Crippen molar-refractivity contribution in [3.63, 3.8) is 0 Å². The summed E-state index contributed by atoms with van der Waals surface area (Å²) in [6.45, 7) is 17.2. The first kappa shape index (κ1) is 55.6. The third-order valence-corrected chi connectivity index (χ3v) is 15.7. The van der Waals surface area contributed by atoms with Crippen LogP contribution >= 0.6 is 0 Å². The molecule has 5 atom stereocenters. The molecule has 5 heterocycles. The molecule has 2 aromatic rings. The van der Waals surface area contributed by atoms with Crippen LogP contribution in [-0.4, -0.2) is 115 Å². The molecule has 4 N–H and O–H groups in total. The number of nitrogens with zero attached hydrogens (tertiary/aromatic N) is 3. The van der Waals surface area contributed by atoms with Crippen LogP contribution in [0.25, 0.3) is 0 Å². The zero-order valence-electron chi connectivity index (χ0n) is 44.6. The molecule has 0 aliphatic carbocycles. The highest BCUT2D eigenvalue weighted by molar-refractivity contribution is 6.01. The van der Waals surface area contributed by atoms with Crippen molar-refractivity contribution in [2.75, 3.05) is 19.6 Å². The molecular formula is C58H77N3O13. The van der Waals surface area contributed by atoms with E-state index in [-0.39, 0.29) is 99.8 Å². The van der Waals surface area contributed by atoms with Crippen molar-refractivity contribution in [1.29, 1.82) is 0 Å². The van der Waals surface area contributed by atoms with Gasteiger partial charge in [-0.25, -0.2) is 4.79 Å². The molecule has 74 heavy (non-hydrogen) atoms. The largest absolute Gasteiger partial charge is 0.508 e. The van der Waals surface area contributed by atoms with E-state index in [4.69, 9.17) is 18.9 Å². The molecule has 402 valence electrons. The van der Waals surface area contributed by atoms with Crippen LogP contribution in [0.1, 0.15) is 175 Å². The van der Waals surface area contributed by atoms with Crippen molar-refractivity contribution in [3.05, 3.63) is 92.1 Å². The number of rotatable bonds is 21. The summed E-state index contributed by atoms with van der Waals surface area (Å²) >= 11 is 0. The first-order chi connectivity index (χ1) is 35.1. The topological polar surface area (TPSA) is 213 Å². The normalized spacial score (nSPS) is 23.0. The van der Waals surface area contributed by atoms with E-state index in [1.165, 1.54) is 44.2 Å². The molecular weight excluding hydrogens is 947 g/mol. The quantitative estimate of drug-likeness (QED) is 0.0678. The number of aliphatic carboxylic acids is 1. The number of benzene rings is 2. The average Bonchev–Trinajstić information content (AvgIpc) is 3.84. The van der Waals surface area contributed by atoms with E-state index >= 15 is 0 Å². The van der Waals surface area contributed by atoms with E-state index in [9.17, 15) is 44.4 Å². The summed E-state index contributed by atoms with van der Waals surface area (Å²) in [6, 6.07) is 2.91. The lowest BCUT2D eigenvalue weighted by molar-refractivity contribution is -0.143. The molecule has 5 aliphatic heterocycles. The second-order valence-corrected chi connectivity index (χ2v) is 22.0. The number of hydrogen-bond acceptors (Lipinski definition) is 12. The molecule has 16 heteroatoms. The van der Waals surface area contributed by atoms with Crippen LogP contribution in [-0.2, 0) is 40.3 Å². The summed E-state index contributed by atoms with van der Waals surface area (Å²) in [6.07, 6.45) is 12.4. The lowest BCUT2D eigenvalue weighted by Crippen LogP contribution is -2.49. The van der Waals surface area contributed by atoms with Gasteiger partial charge in [-0.1, -0.05) is 46.6 Å². The van der Waals surface area contributed by atoms with Gasteiger partial charge in [0.1, 0.15) is 34.2 Å². The maximum absolute atomic E-state index is 14.4. The summed E-state index contributed by atoms with van der Waals surface area (Å²) in [5.41, 5.74) is 5.45. The summed E-state index contributed by atoms with van der Waals surface area (Å²) in [5, 5.41) is 43.8. The van der Waals surface area contributed by atoms with Gasteiger partial charge in [-0.15, -0.1) is 0 Å². The Bertz CT molecular complexity index is 2600. The number of fused-ring (bicyclic) bond motifs is 6. The number of hydrogen-bond donors (Lipinski definition) is 4. The van der Waals surface area contributed by atoms with Crippen LogP contribution in [0.2, 0.25) is 0 Å². The van der Waals surface area contributed by atoms with E-state index in [1.807, 2.05) is 13.8 Å². The highest BCUT2D eigenvalue weighted by Crippen LogP contribution is 2.49. The lowest BCUT2D eigenvalue weighted by Gasteiger charge is -2.41. The number of piperidine rings is 1. The molecule has 0 unspecified atom stereocenters. The van der Waals surface area contributed by atoms with Crippen molar-refractivity contribution in [3.8, 4) is 23.0 Å². The summed E-state index contributed by atoms with van der Waals surface area (Å²) in [7, 11) is 0. The number of carboxylic acid groups (broad SMARTS) is 1. The number of likely N-dealkylation sites (tertiary alicyclic amines) is 1. The predicted molar refractivity (Wildman–Crippen MR) is 278 cm³/mol. The molecule has 0 bridgehead atoms. The highest BCUT2D eigenvalue weighted by atomic mass is 16.6. The number of aliphatic hydroxyl groups excluding tert-OH is 2. The number of phenolic OH excluding ortho intramolecular Hbond substituents is 1. The first-order valence-electron chi connectivity index (χ1n) is 26.4. The first-order valence-corrected chi connectivity index (χ1v) is 26.4. The molecule has 2 aromatic carbocycles. The molecule has 16 nitrogen and oxygen atoms in total. The fourth-order valence-electron chi connectivity index (χ4n) is 10.9. The number of amides is 3. The maximum atomic E-state index is 14.4. The molecule has 7 rings (SSSR count). The number of carboxylic acids is 1. The molecule has 1 fully saturated rings. The smallest absolute Gasteiger partial charge is 0.415 e. The standard InChI is InChI=1S/C58H77N3O13/c1-35(2)14-9-16-37(5)18-11-23-57(7)48(64)30-42-46(63)28-40-45(51(42)73-57)33-61(54(40)67)50(71-34-62)20-13-25-60-32-44-41(53(60)66)29-47(72-56(70)59-26-21-39(22-27-59)55(68)69)43-31-49(65)58(8,74-52(43)44)24-12-19-38(6)17-10-15-36(3)4/h14-15,18-19,28-29,34,39,48-50,63-65H,9-13,16-17,20-27,30-33H2,1-8H3,(H,68,69)/b37-18+,38-19+/t48-,49-,50+,57+,58+/m0/s1. The van der Waals surface area contributed by atoms with Crippen LogP contribution in [0.4, 0.5) is 4.79 Å². The summed E-state index contributed by atoms with van der Waals surface area (Å²) in [4.78, 5) is 70.3. The van der Waals surface area contributed by atoms with Gasteiger partial charge < -0.3 is 49.2 Å². The fourth-order valence-corrected chi connectivity index (χ4v) is 10.9. The Morgan fingerprint density at radius 3 is 1.85 bits per heavy atom. The van der Waals surface area contributed by atoms with E-state index in [2.05, 4.69) is 65.8 Å². The Morgan fingerprint density at radius 1 is 0.757 bits per heavy atom. The van der Waals surface area contributed by atoms with Gasteiger partial charge in [0.25, 0.3) is 18.3 Å². The Labute approximate surface area is 435 Å². The van der Waals surface area contributed by atoms with Gasteiger partial charge in [-0.3, -0.25) is 24.1 Å². The van der Waals surface area contributed by atoms with Gasteiger partial charge in [-0.2, -0.15) is 0 Å². The number of aromatic hydroxyl groups is 1. The maximum Gasteiger partial charge on any atom is 0.415 e. The Kier molecular flexibility index (Phi) is 17.7. The van der Waals surface area contributed by atoms with Crippen LogP contribution in [0.3, 0.4) is 0 Å². The van der Waals surface area contributed by atoms with Gasteiger partial charge in [-0.05, 0) is 138 Å². The zero-order valence-corrected chi connectivity index (χ0v) is 44.6. The van der Waals surface area contributed by atoms with Crippen molar-refractivity contribution in [2.24, 2.45) is 5.92 Å². The Morgan fingerprint density at radius 2 is 1.30 bits per heavy atom. The predicted octanol–water partition coefficient (Wildman–Crippen LogP) is 9.63. The number of aliphatic hydroxyl groups is 2. The number of carbonyl (C=O) groups excluding carboxylic acids is 4. The third-order valence-electron chi connectivity index (χ3n) is 15.7. The molecule has 0 spiro atoms. The van der Waals surface area contributed by atoms with Gasteiger partial charge in [0.2, 0.25) is 0 Å². The van der Waals surface area contributed by atoms with Crippen LogP contribution < -0.4 is 14.2 Å². The van der Waals surface area contributed by atoms with Crippen molar-refractivity contribution < 1.29 is 63.3 Å². The van der Waals surface area contributed by atoms with E-state index in [0.29, 0.717) is 65.9 Å². The van der Waals surface area contributed by atoms with Crippen LogP contribution in [0, 0.1) is 5.92 Å². The van der Waals surface area contributed by atoms with Crippen molar-refractivity contribution in [2.45, 2.75) is 188 Å². The SMILES string of the molecule is CC(C)=CCC/C(C)=C/CC[C@@]1(C)Oc2c(c(O)cc3c2CN([C@@H](CCCN2Cc4c(cc(OC(=O)N5CCC(C(=O)O)CC5)c5c4O[C@](C)(CC/C=C(\C)CCC=C(C)C)[C@@H](O)C5)C2=O)OC=O)C3=O)C[C@@H]1O. The van der Waals surface area contributed by atoms with Gasteiger partial charge >= 0.3 is 12.1 Å². The second kappa shape index (κ2) is 23.6. The molecule has 1 saturated heterocycles. The van der Waals surface area contributed by atoms with Crippen molar-refractivity contribution >= 4 is 30.3 Å². The number of carbonyl (C=O) groups is 5. The molecule has 0 saturated carbocycles. The minimum Gasteiger partial charge on any atom is -0.508 e. The third kappa shape index (κ3) is 12.5. The highest BCUT2D eigenvalue weighted by Gasteiger charge is 2.47.